The van der Waals surface area contributed by atoms with Gasteiger partial charge in [-0.1, -0.05) is 30.9 Å². The number of aromatic nitrogens is 5. The number of allylic oxidation sites excluding steroid dienone is 4. The highest BCUT2D eigenvalue weighted by atomic mass is 19.2. The van der Waals surface area contributed by atoms with Gasteiger partial charge in [-0.3, -0.25) is 4.79 Å². The van der Waals surface area contributed by atoms with Gasteiger partial charge in [-0.05, 0) is 30.4 Å². The minimum Gasteiger partial charge on any atom is -0.491 e. The van der Waals surface area contributed by atoms with E-state index in [1.54, 1.807) is 35.2 Å². The number of methoxy groups -OCH3 is 2. The van der Waals surface area contributed by atoms with Crippen LogP contribution in [0, 0.1) is 11.6 Å². The summed E-state index contributed by atoms with van der Waals surface area (Å²) in [5, 5.41) is 8.85. The summed E-state index contributed by atoms with van der Waals surface area (Å²) in [5.41, 5.74) is 2.03. The third kappa shape index (κ3) is 5.65. The Kier molecular flexibility index (Phi) is 7.89. The Balaban J connectivity index is 1.64. The number of rotatable bonds is 10. The fourth-order valence-corrected chi connectivity index (χ4v) is 3.62. The van der Waals surface area contributed by atoms with E-state index in [2.05, 4.69) is 16.8 Å². The summed E-state index contributed by atoms with van der Waals surface area (Å²) < 4.78 is 41.9. The SMILES string of the molecule is C=C(/C=C\C/C(=C\COC)n1cc(F)c(F)c1)n1cc(OC)c(=O)c(-c2ccnn2-c2ccccc2)n1. The second-order valence-electron chi connectivity index (χ2n) is 7.89. The van der Waals surface area contributed by atoms with E-state index in [-0.39, 0.29) is 18.1 Å². The molecule has 0 radical (unpaired) electrons. The molecule has 1 aromatic carbocycles. The zero-order chi connectivity index (χ0) is 26.4. The molecule has 3 aromatic heterocycles. The second-order valence-corrected chi connectivity index (χ2v) is 7.89. The molecule has 8 nitrogen and oxygen atoms in total. The average Bonchev–Trinajstić information content (AvgIpc) is 3.53. The first kappa shape index (κ1) is 25.5. The maximum atomic E-state index is 13.5. The Morgan fingerprint density at radius 1 is 1.08 bits per heavy atom. The van der Waals surface area contributed by atoms with Gasteiger partial charge in [-0.25, -0.2) is 18.1 Å². The second kappa shape index (κ2) is 11.4. The highest BCUT2D eigenvalue weighted by molar-refractivity contribution is 5.61. The molecule has 0 atom stereocenters. The van der Waals surface area contributed by atoms with Crippen molar-refractivity contribution in [3.63, 3.8) is 0 Å². The Hall–Kier alpha value is -4.57. The van der Waals surface area contributed by atoms with Crippen molar-refractivity contribution >= 4 is 11.4 Å². The van der Waals surface area contributed by atoms with Crippen LogP contribution in [0.25, 0.3) is 28.5 Å². The van der Waals surface area contributed by atoms with Crippen molar-refractivity contribution in [2.24, 2.45) is 0 Å². The van der Waals surface area contributed by atoms with Gasteiger partial charge >= 0.3 is 0 Å². The van der Waals surface area contributed by atoms with Gasteiger partial charge in [0.2, 0.25) is 0 Å². The van der Waals surface area contributed by atoms with Crippen molar-refractivity contribution in [2.75, 3.05) is 20.8 Å². The molecule has 0 spiro atoms. The van der Waals surface area contributed by atoms with Gasteiger partial charge < -0.3 is 14.0 Å². The molecule has 4 aromatic rings. The minimum absolute atomic E-state index is 0.0827. The Morgan fingerprint density at radius 3 is 2.49 bits per heavy atom. The third-order valence-corrected chi connectivity index (χ3v) is 5.47. The lowest BCUT2D eigenvalue weighted by Crippen LogP contribution is -2.17. The first-order chi connectivity index (χ1) is 17.9. The molecule has 0 aliphatic heterocycles. The zero-order valence-electron chi connectivity index (χ0n) is 20.3. The van der Waals surface area contributed by atoms with Gasteiger partial charge in [0.1, 0.15) is 0 Å². The van der Waals surface area contributed by atoms with Crippen LogP contribution < -0.4 is 10.2 Å². The van der Waals surface area contributed by atoms with E-state index in [0.29, 0.717) is 23.5 Å². The summed E-state index contributed by atoms with van der Waals surface area (Å²) in [6, 6.07) is 11.1. The molecule has 0 unspecified atom stereocenters. The highest BCUT2D eigenvalue weighted by Crippen LogP contribution is 2.21. The zero-order valence-corrected chi connectivity index (χ0v) is 20.3. The average molecular weight is 506 g/mol. The lowest BCUT2D eigenvalue weighted by molar-refractivity contribution is 0.234. The van der Waals surface area contributed by atoms with E-state index >= 15 is 0 Å². The van der Waals surface area contributed by atoms with Gasteiger partial charge in [0, 0.05) is 31.6 Å². The number of nitrogens with zero attached hydrogens (tertiary/aromatic N) is 5. The van der Waals surface area contributed by atoms with Crippen LogP contribution in [0.1, 0.15) is 6.42 Å². The predicted octanol–water partition coefficient (Wildman–Crippen LogP) is 4.79. The van der Waals surface area contributed by atoms with Crippen LogP contribution in [0.2, 0.25) is 0 Å². The van der Waals surface area contributed by atoms with Crippen LogP contribution in [0.15, 0.2) is 90.8 Å². The number of ether oxygens (including phenoxy) is 2. The van der Waals surface area contributed by atoms with Crippen LogP contribution in [-0.4, -0.2) is 45.0 Å². The molecule has 0 aliphatic rings. The molecule has 190 valence electrons. The van der Waals surface area contributed by atoms with Crippen LogP contribution in [-0.2, 0) is 4.74 Å². The predicted molar refractivity (Wildman–Crippen MR) is 137 cm³/mol. The first-order valence-corrected chi connectivity index (χ1v) is 11.3. The van der Waals surface area contributed by atoms with Crippen molar-refractivity contribution in [2.45, 2.75) is 6.42 Å². The van der Waals surface area contributed by atoms with E-state index in [9.17, 15) is 13.6 Å². The van der Waals surface area contributed by atoms with Crippen molar-refractivity contribution in [3.05, 3.63) is 108 Å². The number of para-hydroxylation sites is 1. The number of halogens is 2. The molecule has 3 heterocycles. The number of hydrogen-bond acceptors (Lipinski definition) is 5. The van der Waals surface area contributed by atoms with E-state index < -0.39 is 17.1 Å². The van der Waals surface area contributed by atoms with Crippen molar-refractivity contribution in [3.8, 4) is 22.8 Å². The summed E-state index contributed by atoms with van der Waals surface area (Å²) in [7, 11) is 2.93. The van der Waals surface area contributed by atoms with Gasteiger partial charge in [-0.15, -0.1) is 0 Å². The molecular formula is C27H25F2N5O3. The summed E-state index contributed by atoms with van der Waals surface area (Å²) in [5.74, 6) is -1.80. The molecule has 0 fully saturated rings. The number of hydrogen-bond donors (Lipinski definition) is 0. The largest absolute Gasteiger partial charge is 0.491 e. The van der Waals surface area contributed by atoms with Crippen LogP contribution in [0.3, 0.4) is 0 Å². The van der Waals surface area contributed by atoms with Crippen molar-refractivity contribution in [1.82, 2.24) is 24.1 Å². The Labute approximate surface area is 212 Å². The fraction of sp³-hybridized carbons (Fsp3) is 0.148. The van der Waals surface area contributed by atoms with Crippen LogP contribution in [0.4, 0.5) is 8.78 Å². The fourth-order valence-electron chi connectivity index (χ4n) is 3.62. The summed E-state index contributed by atoms with van der Waals surface area (Å²) >= 11 is 0. The molecule has 0 bridgehead atoms. The van der Waals surface area contributed by atoms with E-state index in [4.69, 9.17) is 9.47 Å². The summed E-state index contributed by atoms with van der Waals surface area (Å²) in [6.45, 7) is 4.31. The molecular weight excluding hydrogens is 480 g/mol. The van der Waals surface area contributed by atoms with Gasteiger partial charge in [0.25, 0.3) is 5.43 Å². The quantitative estimate of drug-likeness (QED) is 0.290. The molecule has 0 saturated carbocycles. The highest BCUT2D eigenvalue weighted by Gasteiger charge is 2.17. The Morgan fingerprint density at radius 2 is 1.81 bits per heavy atom. The topological polar surface area (TPSA) is 76.1 Å². The lowest BCUT2D eigenvalue weighted by atomic mass is 10.2. The molecule has 0 aliphatic carbocycles. The van der Waals surface area contributed by atoms with E-state index in [0.717, 1.165) is 18.1 Å². The normalized spacial score (nSPS) is 11.8. The first-order valence-electron chi connectivity index (χ1n) is 11.3. The van der Waals surface area contributed by atoms with Crippen LogP contribution >= 0.6 is 0 Å². The Bertz CT molecular complexity index is 1500. The standard InChI is InChI=1S/C27H25F2N5O3/c1-19(8-7-11-20(13-15-36-2)32-16-22(28)23(29)17-32)33-18-25(37-3)27(35)26(31-33)24-12-14-30-34(24)21-9-5-4-6-10-21/h4-10,12-14,16-18H,1,11,15H2,2-3H3/b8-7-,20-13+. The smallest absolute Gasteiger partial charge is 0.251 e. The monoisotopic (exact) mass is 505 g/mol. The minimum atomic E-state index is -0.941. The third-order valence-electron chi connectivity index (χ3n) is 5.47. The van der Waals surface area contributed by atoms with Crippen molar-refractivity contribution in [1.29, 1.82) is 0 Å². The number of benzene rings is 1. The van der Waals surface area contributed by atoms with Gasteiger partial charge in [-0.2, -0.15) is 10.2 Å². The molecule has 0 saturated heterocycles. The van der Waals surface area contributed by atoms with E-state index in [1.807, 2.05) is 30.3 Å². The molecule has 0 N–H and O–H groups in total. The van der Waals surface area contributed by atoms with Gasteiger partial charge in [0.15, 0.2) is 23.1 Å². The molecule has 0 amide bonds. The van der Waals surface area contributed by atoms with Gasteiger partial charge in [0.05, 0.1) is 43.2 Å². The summed E-state index contributed by atoms with van der Waals surface area (Å²) in [4.78, 5) is 13.1. The molecule has 4 rings (SSSR count). The maximum Gasteiger partial charge on any atom is 0.251 e. The van der Waals surface area contributed by atoms with Crippen molar-refractivity contribution < 1.29 is 18.3 Å². The summed E-state index contributed by atoms with van der Waals surface area (Å²) in [6.07, 6.45) is 10.6. The molecule has 37 heavy (non-hydrogen) atoms. The van der Waals surface area contributed by atoms with E-state index in [1.165, 1.54) is 29.7 Å². The maximum absolute atomic E-state index is 13.5. The van der Waals surface area contributed by atoms with Crippen LogP contribution in [0.5, 0.6) is 5.75 Å². The lowest BCUT2D eigenvalue weighted by Gasteiger charge is -2.12. The molecule has 10 heteroatoms.